The van der Waals surface area contributed by atoms with Crippen molar-refractivity contribution in [2.45, 2.75) is 39.8 Å². The van der Waals surface area contributed by atoms with Crippen molar-refractivity contribution in [1.82, 2.24) is 0 Å². The van der Waals surface area contributed by atoms with E-state index in [1.165, 1.54) is 20.9 Å². The Labute approximate surface area is 119 Å². The van der Waals surface area contributed by atoms with E-state index in [1.807, 2.05) is 12.1 Å². The van der Waals surface area contributed by atoms with Gasteiger partial charge in [-0.3, -0.25) is 0 Å². The number of ether oxygens (including phenoxy) is 1. The van der Waals surface area contributed by atoms with Crippen LogP contribution >= 0.6 is 11.3 Å². The van der Waals surface area contributed by atoms with Gasteiger partial charge in [-0.2, -0.15) is 0 Å². The molecule has 2 rings (SSSR count). The molecule has 19 heavy (non-hydrogen) atoms. The molecule has 102 valence electrons. The maximum absolute atomic E-state index is 5.99. The molecular weight excluding hydrogens is 254 g/mol. The van der Waals surface area contributed by atoms with Gasteiger partial charge in [0.05, 0.1) is 0 Å². The summed E-state index contributed by atoms with van der Waals surface area (Å²) in [5.74, 6) is 1.46. The van der Waals surface area contributed by atoms with Crippen molar-refractivity contribution in [1.29, 1.82) is 0 Å². The lowest BCUT2D eigenvalue weighted by atomic mass is 10.0. The van der Waals surface area contributed by atoms with Gasteiger partial charge in [-0.1, -0.05) is 32.0 Å². The van der Waals surface area contributed by atoms with Gasteiger partial charge in [0.2, 0.25) is 0 Å². The highest BCUT2D eigenvalue weighted by Gasteiger charge is 2.09. The molecule has 0 saturated carbocycles. The number of hydrogen-bond donors (Lipinski definition) is 1. The Kier molecular flexibility index (Phi) is 4.61. The minimum absolute atomic E-state index is 0.472. The van der Waals surface area contributed by atoms with Gasteiger partial charge in [-0.25, -0.2) is 0 Å². The molecule has 1 heterocycles. The van der Waals surface area contributed by atoms with Crippen molar-refractivity contribution in [3.8, 4) is 5.75 Å². The van der Waals surface area contributed by atoms with Crippen LogP contribution in [0.4, 0.5) is 0 Å². The molecule has 0 radical (unpaired) electrons. The van der Waals surface area contributed by atoms with Crippen LogP contribution in [0, 0.1) is 6.92 Å². The lowest BCUT2D eigenvalue weighted by molar-refractivity contribution is 0.301. The van der Waals surface area contributed by atoms with Gasteiger partial charge in [-0.05, 0) is 30.5 Å². The van der Waals surface area contributed by atoms with Crippen molar-refractivity contribution in [3.05, 3.63) is 51.2 Å². The zero-order valence-electron chi connectivity index (χ0n) is 11.8. The maximum atomic E-state index is 5.99. The highest BCUT2D eigenvalue weighted by molar-refractivity contribution is 7.12. The molecule has 1 aromatic carbocycles. The van der Waals surface area contributed by atoms with Gasteiger partial charge in [0.15, 0.2) is 0 Å². The van der Waals surface area contributed by atoms with E-state index in [0.717, 1.165) is 5.75 Å². The van der Waals surface area contributed by atoms with Gasteiger partial charge in [0, 0.05) is 21.9 Å². The fourth-order valence-corrected chi connectivity index (χ4v) is 3.00. The summed E-state index contributed by atoms with van der Waals surface area (Å²) in [7, 11) is 0. The monoisotopic (exact) mass is 275 g/mol. The van der Waals surface area contributed by atoms with Crippen LogP contribution < -0.4 is 10.5 Å². The normalized spacial score (nSPS) is 11.0. The van der Waals surface area contributed by atoms with E-state index in [-0.39, 0.29) is 0 Å². The van der Waals surface area contributed by atoms with E-state index in [0.29, 0.717) is 19.1 Å². The standard InChI is InChI=1S/C16H21NOS/c1-11(2)15-6-4-5-7-16(15)18-10-13-8-14(9-17)19-12(13)3/h4-8,11H,9-10,17H2,1-3H3. The van der Waals surface area contributed by atoms with Gasteiger partial charge >= 0.3 is 0 Å². The minimum Gasteiger partial charge on any atom is -0.489 e. The Hall–Kier alpha value is -1.32. The average Bonchev–Trinajstić information content (AvgIpc) is 2.77. The van der Waals surface area contributed by atoms with Crippen molar-refractivity contribution in [2.24, 2.45) is 5.73 Å². The number of nitrogens with two attached hydrogens (primary N) is 1. The summed E-state index contributed by atoms with van der Waals surface area (Å²) in [6.45, 7) is 7.71. The Balaban J connectivity index is 2.12. The first-order chi connectivity index (χ1) is 9.11. The fourth-order valence-electron chi connectivity index (χ4n) is 2.08. The first kappa shape index (κ1) is 14.1. The molecule has 0 spiro atoms. The number of hydrogen-bond acceptors (Lipinski definition) is 3. The van der Waals surface area contributed by atoms with E-state index in [9.17, 15) is 0 Å². The molecule has 2 nitrogen and oxygen atoms in total. The summed E-state index contributed by atoms with van der Waals surface area (Å²) in [5.41, 5.74) is 8.17. The summed E-state index contributed by atoms with van der Waals surface area (Å²) in [5, 5.41) is 0. The molecule has 0 unspecified atom stereocenters. The van der Waals surface area contributed by atoms with E-state index in [2.05, 4.69) is 39.0 Å². The molecule has 1 aromatic heterocycles. The summed E-state index contributed by atoms with van der Waals surface area (Å²) in [6.07, 6.45) is 0. The van der Waals surface area contributed by atoms with Crippen LogP contribution in [0.25, 0.3) is 0 Å². The van der Waals surface area contributed by atoms with Crippen LogP contribution in [0.1, 0.15) is 40.6 Å². The van der Waals surface area contributed by atoms with Crippen molar-refractivity contribution in [3.63, 3.8) is 0 Å². The Bertz CT molecular complexity index is 545. The highest BCUT2D eigenvalue weighted by atomic mass is 32.1. The van der Waals surface area contributed by atoms with Crippen LogP contribution in [-0.2, 0) is 13.2 Å². The molecule has 2 aromatic rings. The third-order valence-corrected chi connectivity index (χ3v) is 4.31. The molecule has 0 atom stereocenters. The van der Waals surface area contributed by atoms with Crippen molar-refractivity contribution >= 4 is 11.3 Å². The minimum atomic E-state index is 0.472. The number of thiophene rings is 1. The summed E-state index contributed by atoms with van der Waals surface area (Å²) >= 11 is 1.75. The van der Waals surface area contributed by atoms with Crippen LogP contribution in [0.15, 0.2) is 30.3 Å². The Morgan fingerprint density at radius 2 is 2.00 bits per heavy atom. The largest absolute Gasteiger partial charge is 0.489 e. The van der Waals surface area contributed by atoms with Gasteiger partial charge in [0.25, 0.3) is 0 Å². The maximum Gasteiger partial charge on any atom is 0.123 e. The van der Waals surface area contributed by atoms with E-state index in [4.69, 9.17) is 10.5 Å². The summed E-state index contributed by atoms with van der Waals surface area (Å²) in [4.78, 5) is 2.51. The predicted molar refractivity (Wildman–Crippen MR) is 81.8 cm³/mol. The van der Waals surface area contributed by atoms with E-state index >= 15 is 0 Å². The fraction of sp³-hybridized carbons (Fsp3) is 0.375. The quantitative estimate of drug-likeness (QED) is 0.886. The number of rotatable bonds is 5. The third-order valence-electron chi connectivity index (χ3n) is 3.20. The molecule has 0 saturated heterocycles. The van der Waals surface area contributed by atoms with Gasteiger partial charge < -0.3 is 10.5 Å². The molecule has 0 aliphatic carbocycles. The summed E-state index contributed by atoms with van der Waals surface area (Å²) < 4.78 is 5.99. The first-order valence-electron chi connectivity index (χ1n) is 6.61. The molecule has 3 heteroatoms. The van der Waals surface area contributed by atoms with Crippen molar-refractivity contribution < 1.29 is 4.74 Å². The topological polar surface area (TPSA) is 35.2 Å². The van der Waals surface area contributed by atoms with Gasteiger partial charge in [0.1, 0.15) is 12.4 Å². The Morgan fingerprint density at radius 3 is 2.63 bits per heavy atom. The van der Waals surface area contributed by atoms with Gasteiger partial charge in [-0.15, -0.1) is 11.3 Å². The SMILES string of the molecule is Cc1sc(CN)cc1COc1ccccc1C(C)C. The molecule has 2 N–H and O–H groups in total. The van der Waals surface area contributed by atoms with E-state index in [1.54, 1.807) is 11.3 Å². The zero-order chi connectivity index (χ0) is 13.8. The van der Waals surface area contributed by atoms with Crippen molar-refractivity contribution in [2.75, 3.05) is 0 Å². The molecule has 0 fully saturated rings. The number of aryl methyl sites for hydroxylation is 1. The molecule has 0 aliphatic heterocycles. The van der Waals surface area contributed by atoms with Crippen LogP contribution in [0.2, 0.25) is 0 Å². The number of benzene rings is 1. The molecule has 0 aliphatic rings. The molecule has 0 amide bonds. The second-order valence-corrected chi connectivity index (χ2v) is 6.32. The third kappa shape index (κ3) is 3.37. The second kappa shape index (κ2) is 6.22. The van der Waals surface area contributed by atoms with Crippen LogP contribution in [0.5, 0.6) is 5.75 Å². The lowest BCUT2D eigenvalue weighted by Crippen LogP contribution is -2.00. The summed E-state index contributed by atoms with van der Waals surface area (Å²) in [6, 6.07) is 10.4. The zero-order valence-corrected chi connectivity index (χ0v) is 12.6. The second-order valence-electron chi connectivity index (χ2n) is 4.98. The molecular formula is C16H21NOS. The van der Waals surface area contributed by atoms with E-state index < -0.39 is 0 Å². The van der Waals surface area contributed by atoms with Crippen LogP contribution in [-0.4, -0.2) is 0 Å². The average molecular weight is 275 g/mol. The Morgan fingerprint density at radius 1 is 1.26 bits per heavy atom. The smallest absolute Gasteiger partial charge is 0.123 e. The highest BCUT2D eigenvalue weighted by Crippen LogP contribution is 2.28. The number of para-hydroxylation sites is 1. The lowest BCUT2D eigenvalue weighted by Gasteiger charge is -2.13. The first-order valence-corrected chi connectivity index (χ1v) is 7.43. The predicted octanol–water partition coefficient (Wildman–Crippen LogP) is 4.22. The van der Waals surface area contributed by atoms with Crippen LogP contribution in [0.3, 0.4) is 0 Å². The molecule has 0 bridgehead atoms.